The smallest absolute Gasteiger partial charge is 0.163 e. The summed E-state index contributed by atoms with van der Waals surface area (Å²) in [6, 6.07) is 5.50. The Morgan fingerprint density at radius 1 is 1.16 bits per heavy atom. The highest BCUT2D eigenvalue weighted by molar-refractivity contribution is 6.35. The maximum atomic E-state index is 6.30. The first kappa shape index (κ1) is 16.6. The van der Waals surface area contributed by atoms with E-state index in [1.807, 2.05) is 23.0 Å². The zero-order valence-electron chi connectivity index (χ0n) is 13.9. The first-order chi connectivity index (χ1) is 12.1. The monoisotopic (exact) mass is 377 g/mol. The quantitative estimate of drug-likeness (QED) is 0.751. The predicted molar refractivity (Wildman–Crippen MR) is 99.7 cm³/mol. The molecule has 1 aliphatic heterocycles. The largest absolute Gasteiger partial charge is 0.345 e. The molecular formula is C17H19Cl2N6+. The molecule has 0 atom stereocenters. The molecule has 0 bridgehead atoms. The van der Waals surface area contributed by atoms with Crippen LogP contribution in [0.4, 0.5) is 5.82 Å². The van der Waals surface area contributed by atoms with Gasteiger partial charge in [0.2, 0.25) is 0 Å². The summed E-state index contributed by atoms with van der Waals surface area (Å²) in [4.78, 5) is 12.8. The minimum Gasteiger partial charge on any atom is -0.345 e. The fraction of sp³-hybridized carbons (Fsp3) is 0.353. The zero-order chi connectivity index (χ0) is 17.4. The summed E-state index contributed by atoms with van der Waals surface area (Å²) >= 11 is 12.3. The zero-order valence-corrected chi connectivity index (χ0v) is 15.4. The van der Waals surface area contributed by atoms with Crippen LogP contribution in [-0.4, -0.2) is 53.0 Å². The van der Waals surface area contributed by atoms with Crippen molar-refractivity contribution in [3.8, 4) is 0 Å². The Morgan fingerprint density at radius 3 is 2.72 bits per heavy atom. The average Bonchev–Trinajstić information content (AvgIpc) is 3.01. The molecule has 3 heterocycles. The molecule has 1 N–H and O–H groups in total. The highest BCUT2D eigenvalue weighted by atomic mass is 35.5. The first-order valence-corrected chi connectivity index (χ1v) is 9.04. The minimum absolute atomic E-state index is 0.544. The van der Waals surface area contributed by atoms with E-state index in [0.29, 0.717) is 16.6 Å². The molecule has 0 radical (unpaired) electrons. The third-order valence-electron chi connectivity index (χ3n) is 4.66. The van der Waals surface area contributed by atoms with Gasteiger partial charge in [-0.15, -0.1) is 0 Å². The van der Waals surface area contributed by atoms with Crippen LogP contribution in [0.25, 0.3) is 11.0 Å². The van der Waals surface area contributed by atoms with E-state index in [2.05, 4.69) is 27.0 Å². The molecule has 0 saturated carbocycles. The van der Waals surface area contributed by atoms with Crippen molar-refractivity contribution >= 4 is 40.1 Å². The van der Waals surface area contributed by atoms with Crippen LogP contribution in [0.3, 0.4) is 0 Å². The third kappa shape index (κ3) is 3.29. The van der Waals surface area contributed by atoms with Crippen LogP contribution in [0.1, 0.15) is 5.56 Å². The number of hydrogen-bond acceptors (Lipinski definition) is 4. The number of quaternary nitrogens is 1. The van der Waals surface area contributed by atoms with Crippen molar-refractivity contribution in [1.82, 2.24) is 19.7 Å². The third-order valence-corrected chi connectivity index (χ3v) is 5.25. The highest BCUT2D eigenvalue weighted by Gasteiger charge is 2.21. The van der Waals surface area contributed by atoms with Crippen LogP contribution in [-0.2, 0) is 6.54 Å². The second-order valence-electron chi connectivity index (χ2n) is 6.42. The molecule has 1 aliphatic rings. The SMILES string of the molecule is C[NH+]1CCN(c2ncnc3c2cnn3Cc2ccc(Cl)cc2Cl)CC1. The molecule has 3 aromatic rings. The van der Waals surface area contributed by atoms with Gasteiger partial charge in [0.1, 0.15) is 12.1 Å². The molecule has 130 valence electrons. The maximum Gasteiger partial charge on any atom is 0.163 e. The molecule has 6 nitrogen and oxygen atoms in total. The summed E-state index contributed by atoms with van der Waals surface area (Å²) < 4.78 is 1.86. The molecule has 4 rings (SSSR count). The van der Waals surface area contributed by atoms with Crippen molar-refractivity contribution in [2.45, 2.75) is 6.54 Å². The second kappa shape index (κ2) is 6.78. The molecule has 25 heavy (non-hydrogen) atoms. The number of piperazine rings is 1. The average molecular weight is 378 g/mol. The van der Waals surface area contributed by atoms with Gasteiger partial charge in [0.25, 0.3) is 0 Å². The van der Waals surface area contributed by atoms with Gasteiger partial charge in [0.15, 0.2) is 5.65 Å². The topological polar surface area (TPSA) is 51.3 Å². The Bertz CT molecular complexity index is 901. The predicted octanol–water partition coefficient (Wildman–Crippen LogP) is 1.52. The van der Waals surface area contributed by atoms with Gasteiger partial charge in [0.05, 0.1) is 51.4 Å². The lowest BCUT2D eigenvalue weighted by molar-refractivity contribution is -0.880. The van der Waals surface area contributed by atoms with Crippen LogP contribution in [0.5, 0.6) is 0 Å². The second-order valence-corrected chi connectivity index (χ2v) is 7.26. The lowest BCUT2D eigenvalue weighted by Gasteiger charge is -2.30. The fourth-order valence-electron chi connectivity index (χ4n) is 3.16. The Kier molecular flexibility index (Phi) is 4.50. The van der Waals surface area contributed by atoms with Gasteiger partial charge in [-0.1, -0.05) is 29.3 Å². The molecule has 0 spiro atoms. The lowest BCUT2D eigenvalue weighted by Crippen LogP contribution is -3.12. The van der Waals surface area contributed by atoms with Crippen LogP contribution in [0.15, 0.2) is 30.7 Å². The summed E-state index contributed by atoms with van der Waals surface area (Å²) in [7, 11) is 2.22. The van der Waals surface area contributed by atoms with Crippen LogP contribution in [0.2, 0.25) is 10.0 Å². The highest BCUT2D eigenvalue weighted by Crippen LogP contribution is 2.25. The number of halogens is 2. The van der Waals surface area contributed by atoms with Crippen LogP contribution >= 0.6 is 23.2 Å². The summed E-state index contributed by atoms with van der Waals surface area (Å²) in [5, 5.41) is 6.75. The summed E-state index contributed by atoms with van der Waals surface area (Å²) in [5.41, 5.74) is 1.78. The van der Waals surface area contributed by atoms with Gasteiger partial charge in [0, 0.05) is 10.0 Å². The van der Waals surface area contributed by atoms with E-state index in [1.54, 1.807) is 17.3 Å². The van der Waals surface area contributed by atoms with E-state index in [1.165, 1.54) is 0 Å². The van der Waals surface area contributed by atoms with Gasteiger partial charge < -0.3 is 9.80 Å². The first-order valence-electron chi connectivity index (χ1n) is 8.28. The van der Waals surface area contributed by atoms with Gasteiger partial charge in [-0.25, -0.2) is 14.6 Å². The summed E-state index contributed by atoms with van der Waals surface area (Å²) in [6.45, 7) is 4.75. The summed E-state index contributed by atoms with van der Waals surface area (Å²) in [5.74, 6) is 0.964. The number of nitrogens with zero attached hydrogens (tertiary/aromatic N) is 5. The molecule has 1 saturated heterocycles. The molecule has 0 amide bonds. The molecule has 8 heteroatoms. The maximum absolute atomic E-state index is 6.30. The Morgan fingerprint density at radius 2 is 1.96 bits per heavy atom. The lowest BCUT2D eigenvalue weighted by atomic mass is 10.2. The van der Waals surface area contributed by atoms with Gasteiger partial charge in [-0.2, -0.15) is 5.10 Å². The van der Waals surface area contributed by atoms with Crippen LogP contribution in [0, 0.1) is 0 Å². The van der Waals surface area contributed by atoms with Gasteiger partial charge in [-0.3, -0.25) is 0 Å². The number of likely N-dealkylation sites (N-methyl/N-ethyl adjacent to an activating group) is 1. The number of anilines is 1. The van der Waals surface area contributed by atoms with Crippen molar-refractivity contribution in [3.05, 3.63) is 46.3 Å². The van der Waals surface area contributed by atoms with Crippen molar-refractivity contribution in [1.29, 1.82) is 0 Å². The Balaban J connectivity index is 1.67. The minimum atomic E-state index is 0.544. The number of rotatable bonds is 3. The molecular weight excluding hydrogens is 359 g/mol. The van der Waals surface area contributed by atoms with Gasteiger partial charge >= 0.3 is 0 Å². The van der Waals surface area contributed by atoms with Crippen molar-refractivity contribution in [2.24, 2.45) is 0 Å². The Labute approximate surface area is 156 Å². The molecule has 1 fully saturated rings. The fourth-order valence-corrected chi connectivity index (χ4v) is 3.63. The van der Waals surface area contributed by atoms with Crippen molar-refractivity contribution < 1.29 is 4.90 Å². The van der Waals surface area contributed by atoms with E-state index in [0.717, 1.165) is 48.6 Å². The van der Waals surface area contributed by atoms with Crippen molar-refractivity contribution in [2.75, 3.05) is 38.1 Å². The molecule has 0 unspecified atom stereocenters. The van der Waals surface area contributed by atoms with E-state index in [-0.39, 0.29) is 0 Å². The van der Waals surface area contributed by atoms with Crippen molar-refractivity contribution in [3.63, 3.8) is 0 Å². The number of aromatic nitrogens is 4. The molecule has 1 aromatic carbocycles. The van der Waals surface area contributed by atoms with Gasteiger partial charge in [-0.05, 0) is 17.7 Å². The van der Waals surface area contributed by atoms with E-state index in [9.17, 15) is 0 Å². The standard InChI is InChI=1S/C17H18Cl2N6/c1-23-4-6-24(7-5-23)16-14-9-22-25(17(14)21-11-20-16)10-12-2-3-13(18)8-15(12)19/h2-3,8-9,11H,4-7,10H2,1H3/p+1. The number of benzene rings is 1. The molecule has 0 aliphatic carbocycles. The molecule has 2 aromatic heterocycles. The van der Waals surface area contributed by atoms with E-state index < -0.39 is 0 Å². The number of hydrogen-bond donors (Lipinski definition) is 1. The normalized spacial score (nSPS) is 15.9. The summed E-state index contributed by atoms with van der Waals surface area (Å²) in [6.07, 6.45) is 3.46. The Hall–Kier alpha value is -1.89. The van der Waals surface area contributed by atoms with Crippen LogP contribution < -0.4 is 9.80 Å². The van der Waals surface area contributed by atoms with E-state index >= 15 is 0 Å². The number of nitrogens with one attached hydrogen (secondary N) is 1. The number of fused-ring (bicyclic) bond motifs is 1. The van der Waals surface area contributed by atoms with E-state index in [4.69, 9.17) is 23.2 Å².